The van der Waals surface area contributed by atoms with Gasteiger partial charge in [0.1, 0.15) is 78.3 Å². The number of benzene rings is 3. The number of unbranched alkanes of at least 4 members (excludes halogenated alkanes) is 1. The molecule has 14 atom stereocenters. The van der Waals surface area contributed by atoms with Crippen LogP contribution in [0.25, 0.3) is 0 Å². The maximum Gasteiger partial charge on any atom is 0.326 e. The Morgan fingerprint density at radius 1 is 0.591 bits per heavy atom. The number of hydrogen-bond acceptors (Lipinski definition) is 22. The van der Waals surface area contributed by atoms with E-state index in [4.69, 9.17) is 22.6 Å². The monoisotopic (exact) mass is 1610 g/mol. The number of aliphatic hydroxyl groups is 3. The number of H-pyrrole nitrogens is 1. The molecule has 0 spiro atoms. The highest BCUT2D eigenvalue weighted by Crippen LogP contribution is 2.23. The predicted molar refractivity (Wildman–Crippen MR) is 415 cm³/mol. The molecule has 22 N–H and O–H groups in total. The molecule has 1 aliphatic rings. The molecule has 2 heterocycles. The summed E-state index contributed by atoms with van der Waals surface area (Å²) in [5, 5.41) is 90.0. The number of nitrogens with zero attached hydrogens (tertiary/aromatic N) is 6. The number of phenols is 1. The van der Waals surface area contributed by atoms with Gasteiger partial charge in [-0.05, 0) is 100 Å². The van der Waals surface area contributed by atoms with Crippen molar-refractivity contribution in [3.63, 3.8) is 0 Å². The van der Waals surface area contributed by atoms with Crippen LogP contribution in [0.3, 0.4) is 0 Å². The molecule has 12 amide bonds. The highest BCUT2D eigenvalue weighted by molar-refractivity contribution is 6.00. The molecule has 0 bridgehead atoms. The lowest BCUT2D eigenvalue weighted by molar-refractivity contribution is -0.151. The van der Waals surface area contributed by atoms with Gasteiger partial charge in [-0.25, -0.2) is 9.78 Å². The van der Waals surface area contributed by atoms with Crippen LogP contribution in [0.15, 0.2) is 97.5 Å². The van der Waals surface area contributed by atoms with Gasteiger partial charge in [0.2, 0.25) is 70.9 Å². The summed E-state index contributed by atoms with van der Waals surface area (Å²) in [5.41, 5.74) is 18.5. The van der Waals surface area contributed by atoms with Crippen LogP contribution in [0.4, 0.5) is 0 Å². The fraction of sp³-hybridized carbons (Fsp3) is 0.526. The third kappa shape index (κ3) is 28.7. The fourth-order valence-corrected chi connectivity index (χ4v) is 12.8. The largest absolute Gasteiger partial charge is 0.508 e. The number of aromatic hydroxyl groups is 1. The number of aromatic amines is 1. The molecule has 39 heteroatoms. The summed E-state index contributed by atoms with van der Waals surface area (Å²) in [7, 11) is 4.82. The van der Waals surface area contributed by atoms with Crippen LogP contribution in [0, 0.1) is 11.3 Å². The number of imidazole rings is 1. The van der Waals surface area contributed by atoms with Gasteiger partial charge < -0.3 is 120 Å². The van der Waals surface area contributed by atoms with E-state index >= 15 is 14.4 Å². The minimum absolute atomic E-state index is 0.0403. The Kier molecular flexibility index (Phi) is 37.5. The number of aromatic nitrogens is 2. The molecule has 0 aliphatic carbocycles. The summed E-state index contributed by atoms with van der Waals surface area (Å²) in [6.07, 6.45) is -1.61. The van der Waals surface area contributed by atoms with Crippen molar-refractivity contribution in [3.8, 4) is 5.75 Å². The summed E-state index contributed by atoms with van der Waals surface area (Å²) in [5.74, 6) is -15.7. The quantitative estimate of drug-likeness (QED) is 0.0112. The van der Waals surface area contributed by atoms with E-state index in [1.54, 1.807) is 74.5 Å². The third-order valence-electron chi connectivity index (χ3n) is 19.5. The number of phenolic OH excluding ortho intramolecular Hbond substituents is 1. The standard InChI is InChI=1S/C76H111N19O20/c1-42(2)62(74(113)95-32-18-25-55(95)66(105)86-51(75(114)115)24-17-31-82-76(79)80)89-69(108)63(44(4)98)90-65(104)52(33-47-26-28-49(99)29-27-47)87-64(103)53(36-48-38-81-41-83-48)88-68(107)58(40-96)94(8)70(109)50(23-15-16-30-77)85-67(106)56(34-45-19-11-9-12-20-45)92(6)72(111)57(35-46-21-13-10-14-22-46)93(7)71(110)54(37-60(101)102)84-59(100)39-91(5)73(112)61(78)43(3)97/h9-14,19-22,26-29,38,41-44,50-58,61-63,96-99H,15-18,23-25,30-37,39-40,77-78H2,1-8H3,(H,81,83)(H,84,100)(H,85,106)(H,86,105)(H,87,103)(H,88,107)(H,89,108)(H,90,104)(H,101,102)(H,114,115)(H4,79,80,82)/t43-,44-,50+,51+,52+,53+,54+,55+,56+,57+,58+,61+,62+,63+/m1/s1. The molecular weight excluding hydrogens is 1500 g/mol. The molecule has 4 aromatic rings. The summed E-state index contributed by atoms with van der Waals surface area (Å²) >= 11 is 0. The predicted octanol–water partition coefficient (Wildman–Crippen LogP) is -4.60. The number of aliphatic hydroxyl groups excluding tert-OH is 3. The van der Waals surface area contributed by atoms with Crippen LogP contribution in [0.1, 0.15) is 101 Å². The van der Waals surface area contributed by atoms with Gasteiger partial charge in [-0.2, -0.15) is 0 Å². The lowest BCUT2D eigenvalue weighted by Crippen LogP contribution is -2.63. The highest BCUT2D eigenvalue weighted by atomic mass is 16.4. The lowest BCUT2D eigenvalue weighted by atomic mass is 9.99. The minimum atomic E-state index is -1.85. The molecule has 0 radical (unpaired) electrons. The van der Waals surface area contributed by atoms with E-state index in [2.05, 4.69) is 52.5 Å². The highest BCUT2D eigenvalue weighted by Gasteiger charge is 2.44. The molecule has 3 aromatic carbocycles. The number of carbonyl (C=O) groups is 14. The van der Waals surface area contributed by atoms with Crippen molar-refractivity contribution in [2.75, 3.05) is 61.0 Å². The van der Waals surface area contributed by atoms with Crippen LogP contribution < -0.4 is 59.7 Å². The van der Waals surface area contributed by atoms with Crippen molar-refractivity contribution >= 4 is 88.8 Å². The van der Waals surface area contributed by atoms with Gasteiger partial charge in [-0.1, -0.05) is 86.6 Å². The van der Waals surface area contributed by atoms with Crippen LogP contribution in [0.2, 0.25) is 0 Å². The molecule has 1 fully saturated rings. The molecule has 1 saturated heterocycles. The zero-order valence-electron chi connectivity index (χ0n) is 65.7. The molecule has 630 valence electrons. The van der Waals surface area contributed by atoms with Crippen molar-refractivity contribution in [1.29, 1.82) is 5.41 Å². The minimum Gasteiger partial charge on any atom is -0.508 e. The van der Waals surface area contributed by atoms with Crippen molar-refractivity contribution in [1.82, 2.24) is 77.0 Å². The first-order chi connectivity index (χ1) is 54.4. The van der Waals surface area contributed by atoms with Crippen LogP contribution in [0.5, 0.6) is 5.75 Å². The van der Waals surface area contributed by atoms with Gasteiger partial charge >= 0.3 is 11.9 Å². The maximum atomic E-state index is 15.4. The Morgan fingerprint density at radius 3 is 1.67 bits per heavy atom. The van der Waals surface area contributed by atoms with Gasteiger partial charge in [0.05, 0.1) is 43.8 Å². The average Bonchev–Trinajstić information content (AvgIpc) is 1.80. The summed E-state index contributed by atoms with van der Waals surface area (Å²) in [6, 6.07) is 3.24. The number of nitrogens with one attached hydrogen (secondary N) is 10. The van der Waals surface area contributed by atoms with E-state index in [-0.39, 0.29) is 88.4 Å². The van der Waals surface area contributed by atoms with Crippen molar-refractivity contribution in [2.45, 2.75) is 189 Å². The fourth-order valence-electron chi connectivity index (χ4n) is 12.8. The van der Waals surface area contributed by atoms with Crippen molar-refractivity contribution < 1.29 is 97.8 Å². The zero-order valence-corrected chi connectivity index (χ0v) is 65.7. The number of carboxylic acid groups (broad SMARTS) is 2. The van der Waals surface area contributed by atoms with Gasteiger partial charge in [0, 0.05) is 73.2 Å². The molecular formula is C76H111N19O20. The topological polar surface area (TPSA) is 603 Å². The number of nitrogens with two attached hydrogens (primary N) is 3. The molecule has 1 aromatic heterocycles. The molecule has 39 nitrogen and oxygen atoms in total. The van der Waals surface area contributed by atoms with Crippen molar-refractivity contribution in [2.24, 2.45) is 23.1 Å². The molecule has 0 unspecified atom stereocenters. The first-order valence-electron chi connectivity index (χ1n) is 37.6. The number of hydrogen-bond donors (Lipinski definition) is 19. The van der Waals surface area contributed by atoms with Gasteiger partial charge in [0.25, 0.3) is 0 Å². The molecule has 0 saturated carbocycles. The van der Waals surface area contributed by atoms with Crippen LogP contribution >= 0.6 is 0 Å². The van der Waals surface area contributed by atoms with Crippen molar-refractivity contribution in [3.05, 3.63) is 120 Å². The number of likely N-dealkylation sites (tertiary alicyclic amines) is 1. The third-order valence-corrected chi connectivity index (χ3v) is 19.5. The number of amides is 12. The SMILES string of the molecule is CC(C)[C@H](NC(=O)[C@@H](NC(=O)[C@H](Cc1ccc(O)cc1)NC(=O)[C@H](Cc1c[nH]cn1)NC(=O)[C@H](CO)N(C)C(=O)[C@H](CCCCN)NC(=O)[C@H](Cc1ccccc1)N(C)C(=O)[C@H](Cc1ccccc1)N(C)C(=O)[C@H](CC(=O)O)NC(=O)CN(C)C(=O)[C@@H](N)[C@@H](C)O)[C@@H](C)O)C(=O)N1CCC[C@H]1C(=O)N[C@@H](CCCNC(=N)N)C(=O)O. The van der Waals surface area contributed by atoms with Gasteiger partial charge in [0.15, 0.2) is 5.96 Å². The Balaban J connectivity index is 1.43. The molecule has 1 aliphatic heterocycles. The zero-order chi connectivity index (χ0) is 85.5. The summed E-state index contributed by atoms with van der Waals surface area (Å²) in [4.78, 5) is 210. The normalized spacial score (nSPS) is 15.9. The molecule has 5 rings (SSSR count). The van der Waals surface area contributed by atoms with Crippen LogP contribution in [-0.4, -0.2) is 300 Å². The number of carbonyl (C=O) groups excluding carboxylic acids is 12. The Hall–Kier alpha value is -11.7. The smallest absolute Gasteiger partial charge is 0.326 e. The molecule has 115 heavy (non-hydrogen) atoms. The number of likely N-dealkylation sites (N-methyl/N-ethyl adjacent to an activating group) is 4. The Bertz CT molecular complexity index is 3950. The van der Waals surface area contributed by atoms with Crippen LogP contribution in [-0.2, 0) is 92.8 Å². The second-order valence-corrected chi connectivity index (χ2v) is 28.8. The first kappa shape index (κ1) is 93.9. The maximum absolute atomic E-state index is 15.4. The van der Waals surface area contributed by atoms with E-state index in [9.17, 15) is 83.4 Å². The Labute approximate surface area is 665 Å². The number of guanidine groups is 1. The van der Waals surface area contributed by atoms with E-state index in [0.29, 0.717) is 29.5 Å². The number of rotatable bonds is 46. The number of aliphatic carboxylic acids is 2. The number of carboxylic acids is 2. The van der Waals surface area contributed by atoms with E-state index in [0.717, 1.165) is 33.6 Å². The average molecular weight is 1610 g/mol. The van der Waals surface area contributed by atoms with Gasteiger partial charge in [-0.3, -0.25) is 67.7 Å². The van der Waals surface area contributed by atoms with Gasteiger partial charge in [-0.15, -0.1) is 0 Å². The second kappa shape index (κ2) is 45.9. The van der Waals surface area contributed by atoms with E-state index in [1.807, 2.05) is 0 Å². The Morgan fingerprint density at radius 2 is 1.12 bits per heavy atom. The second-order valence-electron chi connectivity index (χ2n) is 28.8. The summed E-state index contributed by atoms with van der Waals surface area (Å²) < 4.78 is 0. The summed E-state index contributed by atoms with van der Waals surface area (Å²) in [6.45, 7) is 4.09. The van der Waals surface area contributed by atoms with E-state index < -0.39 is 199 Å². The first-order valence-corrected chi connectivity index (χ1v) is 37.6. The lowest BCUT2D eigenvalue weighted by Gasteiger charge is -2.36. The van der Waals surface area contributed by atoms with E-state index in [1.165, 1.54) is 69.8 Å².